The van der Waals surface area contributed by atoms with E-state index in [0.717, 1.165) is 28.2 Å². The molecule has 0 atom stereocenters. The molecule has 0 saturated carbocycles. The summed E-state index contributed by atoms with van der Waals surface area (Å²) in [6.45, 7) is 1.28. The lowest BCUT2D eigenvalue weighted by Crippen LogP contribution is -2.33. The van der Waals surface area contributed by atoms with Crippen LogP contribution in [0.2, 0.25) is 0 Å². The Labute approximate surface area is 216 Å². The number of pyridine rings is 2. The second kappa shape index (κ2) is 12.9. The summed E-state index contributed by atoms with van der Waals surface area (Å²) in [6.07, 6.45) is 7.44. The van der Waals surface area contributed by atoms with Crippen molar-refractivity contribution in [3.63, 3.8) is 0 Å². The summed E-state index contributed by atoms with van der Waals surface area (Å²) in [6, 6.07) is 26.3. The summed E-state index contributed by atoms with van der Waals surface area (Å²) in [5.74, 6) is -0.467. The van der Waals surface area contributed by atoms with E-state index in [2.05, 4.69) is 15.3 Å². The van der Waals surface area contributed by atoms with E-state index in [1.54, 1.807) is 24.5 Å². The Kier molecular flexibility index (Phi) is 8.88. The van der Waals surface area contributed by atoms with Crippen LogP contribution in [0.15, 0.2) is 97.3 Å². The number of carbonyl (C=O) groups excluding carboxylic acids is 2. The fraction of sp³-hybridized carbons (Fsp3) is 0.133. The molecule has 1 N–H and O–H groups in total. The quantitative estimate of drug-likeness (QED) is 0.246. The number of nitrogens with zero attached hydrogens (tertiary/aromatic N) is 3. The van der Waals surface area contributed by atoms with E-state index in [1.807, 2.05) is 89.8 Å². The Morgan fingerprint density at radius 2 is 1.32 bits per heavy atom. The average Bonchev–Trinajstić information content (AvgIpc) is 2.93. The van der Waals surface area contributed by atoms with Crippen molar-refractivity contribution in [2.45, 2.75) is 13.1 Å². The van der Waals surface area contributed by atoms with E-state index in [4.69, 9.17) is 4.74 Å². The van der Waals surface area contributed by atoms with Gasteiger partial charge in [0, 0.05) is 31.2 Å². The molecule has 2 aromatic heterocycles. The van der Waals surface area contributed by atoms with Crippen LogP contribution < -0.4 is 5.32 Å². The molecule has 4 rings (SSSR count). The number of carbonyl (C=O) groups is 2. The van der Waals surface area contributed by atoms with Gasteiger partial charge in [-0.2, -0.15) is 0 Å². The van der Waals surface area contributed by atoms with E-state index in [0.29, 0.717) is 18.7 Å². The van der Waals surface area contributed by atoms with Crippen molar-refractivity contribution in [3.05, 3.63) is 125 Å². The van der Waals surface area contributed by atoms with E-state index in [-0.39, 0.29) is 18.4 Å². The Morgan fingerprint density at radius 1 is 0.784 bits per heavy atom. The van der Waals surface area contributed by atoms with Crippen molar-refractivity contribution >= 4 is 29.7 Å². The van der Waals surface area contributed by atoms with Gasteiger partial charge in [0.05, 0.1) is 30.6 Å². The minimum Gasteiger partial charge on any atom is -0.465 e. The number of benzene rings is 2. The van der Waals surface area contributed by atoms with Crippen LogP contribution >= 0.6 is 0 Å². The van der Waals surface area contributed by atoms with Crippen molar-refractivity contribution < 1.29 is 14.3 Å². The van der Waals surface area contributed by atoms with Crippen LogP contribution in [0, 0.1) is 0 Å². The molecule has 0 aliphatic heterocycles. The Hall–Kier alpha value is -4.62. The molecule has 2 aromatic carbocycles. The highest BCUT2D eigenvalue weighted by Gasteiger charge is 2.14. The number of ether oxygens (including phenoxy) is 1. The van der Waals surface area contributed by atoms with Gasteiger partial charge in [-0.1, -0.05) is 48.6 Å². The largest absolute Gasteiger partial charge is 0.465 e. The number of rotatable bonds is 10. The molecule has 0 bridgehead atoms. The average molecular weight is 493 g/mol. The summed E-state index contributed by atoms with van der Waals surface area (Å²) >= 11 is 0. The summed E-state index contributed by atoms with van der Waals surface area (Å²) in [7, 11) is 1.36. The van der Waals surface area contributed by atoms with Crippen LogP contribution in [0.25, 0.3) is 12.2 Å². The maximum Gasteiger partial charge on any atom is 0.337 e. The van der Waals surface area contributed by atoms with Crippen LogP contribution in [0.5, 0.6) is 0 Å². The number of anilines is 1. The minimum absolute atomic E-state index is 0.110. The Balaban J connectivity index is 1.35. The van der Waals surface area contributed by atoms with Crippen molar-refractivity contribution in [2.24, 2.45) is 0 Å². The lowest BCUT2D eigenvalue weighted by molar-refractivity contribution is -0.117. The summed E-state index contributed by atoms with van der Waals surface area (Å²) in [5.41, 5.74) is 4.97. The first-order valence-corrected chi connectivity index (χ1v) is 11.9. The van der Waals surface area contributed by atoms with Gasteiger partial charge in [0.25, 0.3) is 0 Å². The lowest BCUT2D eigenvalue weighted by atomic mass is 10.1. The van der Waals surface area contributed by atoms with E-state index >= 15 is 0 Å². The zero-order chi connectivity index (χ0) is 25.9. The molecule has 7 nitrogen and oxygen atoms in total. The fourth-order valence-corrected chi connectivity index (χ4v) is 3.73. The first kappa shape index (κ1) is 25.5. The number of nitrogens with one attached hydrogen (secondary N) is 1. The van der Waals surface area contributed by atoms with E-state index < -0.39 is 0 Å². The SMILES string of the molecule is COC(=O)c1ccc(/C=C/c2ccc(NC(=O)CN(Cc3ccccn3)Cc3ccccn3)cc2)cc1. The van der Waals surface area contributed by atoms with Crippen molar-refractivity contribution in [3.8, 4) is 0 Å². The van der Waals surface area contributed by atoms with Gasteiger partial charge in [0.15, 0.2) is 0 Å². The molecule has 0 radical (unpaired) electrons. The summed E-state index contributed by atoms with van der Waals surface area (Å²) < 4.78 is 4.72. The highest BCUT2D eigenvalue weighted by Crippen LogP contribution is 2.14. The zero-order valence-electron chi connectivity index (χ0n) is 20.6. The van der Waals surface area contributed by atoms with Crippen LogP contribution in [-0.2, 0) is 22.6 Å². The number of methoxy groups -OCH3 is 1. The van der Waals surface area contributed by atoms with Crippen molar-refractivity contribution in [1.29, 1.82) is 0 Å². The van der Waals surface area contributed by atoms with Gasteiger partial charge in [-0.3, -0.25) is 19.7 Å². The third-order valence-electron chi connectivity index (χ3n) is 5.59. The maximum atomic E-state index is 12.9. The molecule has 1 amide bonds. The molecule has 0 aliphatic carbocycles. The lowest BCUT2D eigenvalue weighted by Gasteiger charge is -2.21. The molecule has 2 heterocycles. The minimum atomic E-state index is -0.357. The molecule has 0 fully saturated rings. The van der Waals surface area contributed by atoms with Gasteiger partial charge in [0.2, 0.25) is 5.91 Å². The fourth-order valence-electron chi connectivity index (χ4n) is 3.73. The maximum absolute atomic E-state index is 12.9. The first-order chi connectivity index (χ1) is 18.1. The highest BCUT2D eigenvalue weighted by atomic mass is 16.5. The van der Waals surface area contributed by atoms with Gasteiger partial charge in [-0.05, 0) is 59.7 Å². The van der Waals surface area contributed by atoms with Gasteiger partial charge < -0.3 is 10.1 Å². The predicted octanol–water partition coefficient (Wildman–Crippen LogP) is 5.07. The van der Waals surface area contributed by atoms with Gasteiger partial charge in [0.1, 0.15) is 0 Å². The van der Waals surface area contributed by atoms with Crippen molar-refractivity contribution in [1.82, 2.24) is 14.9 Å². The monoisotopic (exact) mass is 492 g/mol. The molecule has 7 heteroatoms. The molecule has 0 spiro atoms. The standard InChI is InChI=1S/C30H28N4O3/c1-37-30(36)25-14-10-23(11-15-25)8-9-24-12-16-26(17-13-24)33-29(35)22-34(20-27-6-2-4-18-31-27)21-28-7-3-5-19-32-28/h2-19H,20-22H2,1H3,(H,33,35)/b9-8+. The third-order valence-corrected chi connectivity index (χ3v) is 5.59. The third kappa shape index (κ3) is 7.95. The van der Waals surface area contributed by atoms with Gasteiger partial charge >= 0.3 is 5.97 Å². The van der Waals surface area contributed by atoms with Crippen molar-refractivity contribution in [2.75, 3.05) is 19.0 Å². The highest BCUT2D eigenvalue weighted by molar-refractivity contribution is 5.92. The van der Waals surface area contributed by atoms with Crippen LogP contribution in [0.1, 0.15) is 32.9 Å². The molecule has 4 aromatic rings. The normalized spacial score (nSPS) is 11.0. The number of hydrogen-bond donors (Lipinski definition) is 1. The Bertz CT molecular complexity index is 1280. The number of amides is 1. The second-order valence-electron chi connectivity index (χ2n) is 8.40. The van der Waals surface area contributed by atoms with Crippen LogP contribution in [0.4, 0.5) is 5.69 Å². The van der Waals surface area contributed by atoms with E-state index in [1.165, 1.54) is 7.11 Å². The molecule has 37 heavy (non-hydrogen) atoms. The number of aromatic nitrogens is 2. The van der Waals surface area contributed by atoms with Gasteiger partial charge in [-0.25, -0.2) is 4.79 Å². The molecule has 0 unspecified atom stereocenters. The zero-order valence-corrected chi connectivity index (χ0v) is 20.6. The molecule has 0 saturated heterocycles. The molecular weight excluding hydrogens is 464 g/mol. The smallest absolute Gasteiger partial charge is 0.337 e. The number of hydrogen-bond acceptors (Lipinski definition) is 6. The van der Waals surface area contributed by atoms with Crippen LogP contribution in [-0.4, -0.2) is 40.4 Å². The number of esters is 1. The van der Waals surface area contributed by atoms with E-state index in [9.17, 15) is 9.59 Å². The summed E-state index contributed by atoms with van der Waals surface area (Å²) in [5, 5.41) is 2.98. The Morgan fingerprint density at radius 3 is 1.81 bits per heavy atom. The van der Waals surface area contributed by atoms with Crippen LogP contribution in [0.3, 0.4) is 0 Å². The first-order valence-electron chi connectivity index (χ1n) is 11.9. The second-order valence-corrected chi connectivity index (χ2v) is 8.40. The van der Waals surface area contributed by atoms with Gasteiger partial charge in [-0.15, -0.1) is 0 Å². The molecule has 0 aliphatic rings. The predicted molar refractivity (Wildman–Crippen MR) is 144 cm³/mol. The molecular formula is C30H28N4O3. The molecule has 186 valence electrons. The topological polar surface area (TPSA) is 84.4 Å². The summed E-state index contributed by atoms with van der Waals surface area (Å²) in [4.78, 5) is 35.2.